The average Bonchev–Trinajstić information content (AvgIpc) is 2.64. The molecule has 9 heteroatoms. The summed E-state index contributed by atoms with van der Waals surface area (Å²) in [7, 11) is 0. The number of hydrogen-bond donors (Lipinski definition) is 1. The summed E-state index contributed by atoms with van der Waals surface area (Å²) in [5.74, 6) is -0.808. The molecule has 148 valence electrons. The van der Waals surface area contributed by atoms with Crippen molar-refractivity contribution in [1.29, 1.82) is 0 Å². The molecule has 7 nitrogen and oxygen atoms in total. The van der Waals surface area contributed by atoms with Gasteiger partial charge in [0.05, 0.1) is 28.6 Å². The number of anilines is 1. The van der Waals surface area contributed by atoms with Crippen molar-refractivity contribution in [3.05, 3.63) is 68.2 Å². The number of carbonyl (C=O) groups is 2. The quantitative estimate of drug-likeness (QED) is 0.505. The fourth-order valence-electron chi connectivity index (χ4n) is 2.63. The highest BCUT2D eigenvalue weighted by Crippen LogP contribution is 2.25. The van der Waals surface area contributed by atoms with Gasteiger partial charge in [-0.1, -0.05) is 48.3 Å². The minimum atomic E-state index is -0.527. The summed E-state index contributed by atoms with van der Waals surface area (Å²) in [5, 5.41) is 14.5. The number of carbonyl (C=O) groups excluding carboxylic acids is 2. The van der Waals surface area contributed by atoms with Gasteiger partial charge in [0.1, 0.15) is 0 Å². The molecule has 0 bridgehead atoms. The maximum Gasteiger partial charge on any atom is 0.273 e. The van der Waals surface area contributed by atoms with Crippen LogP contribution in [0.3, 0.4) is 0 Å². The molecule has 2 aromatic rings. The molecule has 0 saturated heterocycles. The predicted molar refractivity (Wildman–Crippen MR) is 109 cm³/mol. The van der Waals surface area contributed by atoms with Crippen LogP contribution in [0.15, 0.2) is 42.5 Å². The van der Waals surface area contributed by atoms with Gasteiger partial charge < -0.3 is 10.2 Å². The predicted octanol–water partition coefficient (Wildman–Crippen LogP) is 4.32. The minimum Gasteiger partial charge on any atom is -0.333 e. The second-order valence-corrected chi connectivity index (χ2v) is 6.89. The second kappa shape index (κ2) is 10.1. The lowest BCUT2D eigenvalue weighted by atomic mass is 10.1. The first-order valence-corrected chi connectivity index (χ1v) is 9.32. The molecule has 2 rings (SSSR count). The Labute approximate surface area is 172 Å². The topological polar surface area (TPSA) is 92.6 Å². The molecule has 0 aliphatic heterocycles. The van der Waals surface area contributed by atoms with E-state index < -0.39 is 10.8 Å². The summed E-state index contributed by atoms with van der Waals surface area (Å²) in [4.78, 5) is 37.0. The largest absolute Gasteiger partial charge is 0.333 e. The Hall–Kier alpha value is -2.64. The van der Waals surface area contributed by atoms with Crippen LogP contribution in [0.5, 0.6) is 0 Å². The molecule has 0 aromatic heterocycles. The van der Waals surface area contributed by atoms with Gasteiger partial charge in [0, 0.05) is 23.2 Å². The zero-order chi connectivity index (χ0) is 20.7. The number of nitrogens with zero attached hydrogens (tertiary/aromatic N) is 2. The molecular weight excluding hydrogens is 405 g/mol. The van der Waals surface area contributed by atoms with Gasteiger partial charge in [-0.05, 0) is 24.6 Å². The van der Waals surface area contributed by atoms with Crippen LogP contribution in [-0.2, 0) is 16.0 Å². The van der Waals surface area contributed by atoms with Crippen LogP contribution in [0.2, 0.25) is 10.0 Å². The summed E-state index contributed by atoms with van der Waals surface area (Å²) >= 11 is 11.9. The number of hydrogen-bond acceptors (Lipinski definition) is 4. The van der Waals surface area contributed by atoms with E-state index >= 15 is 0 Å². The van der Waals surface area contributed by atoms with Crippen molar-refractivity contribution in [3.63, 3.8) is 0 Å². The molecule has 28 heavy (non-hydrogen) atoms. The van der Waals surface area contributed by atoms with E-state index in [4.69, 9.17) is 23.2 Å². The molecule has 2 amide bonds. The Balaban J connectivity index is 2.10. The molecule has 1 N–H and O–H groups in total. The zero-order valence-electron chi connectivity index (χ0n) is 15.2. The van der Waals surface area contributed by atoms with Gasteiger partial charge in [-0.2, -0.15) is 0 Å². The summed E-state index contributed by atoms with van der Waals surface area (Å²) in [5.41, 5.74) is 0.529. The monoisotopic (exact) mass is 423 g/mol. The Morgan fingerprint density at radius 2 is 1.89 bits per heavy atom. The van der Waals surface area contributed by atoms with Crippen LogP contribution in [0.25, 0.3) is 0 Å². The molecular formula is C19H19Cl2N3O4. The number of nitro benzene ring substituents is 1. The Morgan fingerprint density at radius 3 is 2.57 bits per heavy atom. The second-order valence-electron chi connectivity index (χ2n) is 6.05. The van der Waals surface area contributed by atoms with E-state index in [0.717, 1.165) is 0 Å². The Bertz CT molecular complexity index is 889. The number of para-hydroxylation sites is 1. The van der Waals surface area contributed by atoms with E-state index in [1.54, 1.807) is 18.2 Å². The first-order valence-electron chi connectivity index (χ1n) is 8.56. The van der Waals surface area contributed by atoms with Gasteiger partial charge in [-0.3, -0.25) is 19.7 Å². The van der Waals surface area contributed by atoms with E-state index in [1.165, 1.54) is 29.2 Å². The van der Waals surface area contributed by atoms with Gasteiger partial charge in [-0.25, -0.2) is 0 Å². The number of benzene rings is 2. The van der Waals surface area contributed by atoms with Crippen LogP contribution in [0.4, 0.5) is 11.4 Å². The van der Waals surface area contributed by atoms with E-state index in [2.05, 4.69) is 5.32 Å². The van der Waals surface area contributed by atoms with Crippen molar-refractivity contribution in [2.75, 3.05) is 18.4 Å². The van der Waals surface area contributed by atoms with Crippen LogP contribution >= 0.6 is 23.2 Å². The SMILES string of the molecule is CCCN(CC(=O)Nc1cc(Cl)ccc1Cl)C(=O)Cc1ccccc1[N+](=O)[O-]. The molecule has 0 aliphatic carbocycles. The van der Waals surface area contributed by atoms with Crippen molar-refractivity contribution in [2.45, 2.75) is 19.8 Å². The average molecular weight is 424 g/mol. The highest BCUT2D eigenvalue weighted by atomic mass is 35.5. The Morgan fingerprint density at radius 1 is 1.18 bits per heavy atom. The summed E-state index contributed by atoms with van der Waals surface area (Å²) in [6, 6.07) is 10.7. The van der Waals surface area contributed by atoms with Crippen molar-refractivity contribution in [1.82, 2.24) is 4.90 Å². The molecule has 0 spiro atoms. The molecule has 0 atom stereocenters. The van der Waals surface area contributed by atoms with Crippen LogP contribution in [-0.4, -0.2) is 34.7 Å². The number of nitro groups is 1. The number of halogens is 2. The number of amides is 2. The number of nitrogens with one attached hydrogen (secondary N) is 1. The molecule has 0 saturated carbocycles. The number of rotatable bonds is 8. The summed E-state index contributed by atoms with van der Waals surface area (Å²) in [6.45, 7) is 2.02. The van der Waals surface area contributed by atoms with E-state index in [1.807, 2.05) is 6.92 Å². The highest BCUT2D eigenvalue weighted by Gasteiger charge is 2.21. The third-order valence-electron chi connectivity index (χ3n) is 3.91. The van der Waals surface area contributed by atoms with Crippen LogP contribution in [0, 0.1) is 10.1 Å². The first kappa shape index (κ1) is 21.7. The van der Waals surface area contributed by atoms with Gasteiger partial charge >= 0.3 is 0 Å². The van der Waals surface area contributed by atoms with Gasteiger partial charge in [-0.15, -0.1) is 0 Å². The Kier molecular flexibility index (Phi) is 7.78. The minimum absolute atomic E-state index is 0.123. The smallest absolute Gasteiger partial charge is 0.273 e. The molecule has 0 fully saturated rings. The third-order valence-corrected chi connectivity index (χ3v) is 4.48. The van der Waals surface area contributed by atoms with Crippen molar-refractivity contribution in [2.24, 2.45) is 0 Å². The lowest BCUT2D eigenvalue weighted by Crippen LogP contribution is -2.39. The van der Waals surface area contributed by atoms with Gasteiger partial charge in [0.2, 0.25) is 11.8 Å². The van der Waals surface area contributed by atoms with E-state index in [9.17, 15) is 19.7 Å². The molecule has 0 unspecified atom stereocenters. The fourth-order valence-corrected chi connectivity index (χ4v) is 2.97. The van der Waals surface area contributed by atoms with Crippen molar-refractivity contribution >= 4 is 46.4 Å². The lowest BCUT2D eigenvalue weighted by Gasteiger charge is -2.22. The lowest BCUT2D eigenvalue weighted by molar-refractivity contribution is -0.385. The van der Waals surface area contributed by atoms with Crippen LogP contribution in [0.1, 0.15) is 18.9 Å². The maximum atomic E-state index is 12.7. The van der Waals surface area contributed by atoms with E-state index in [0.29, 0.717) is 34.3 Å². The van der Waals surface area contributed by atoms with Crippen molar-refractivity contribution < 1.29 is 14.5 Å². The van der Waals surface area contributed by atoms with Gasteiger partial charge in [0.25, 0.3) is 5.69 Å². The van der Waals surface area contributed by atoms with Crippen molar-refractivity contribution in [3.8, 4) is 0 Å². The molecule has 0 aliphatic rings. The normalized spacial score (nSPS) is 10.4. The highest BCUT2D eigenvalue weighted by molar-refractivity contribution is 6.35. The van der Waals surface area contributed by atoms with Crippen LogP contribution < -0.4 is 5.32 Å². The molecule has 0 heterocycles. The summed E-state index contributed by atoms with van der Waals surface area (Å²) < 4.78 is 0. The molecule has 2 aromatic carbocycles. The summed E-state index contributed by atoms with van der Waals surface area (Å²) in [6.07, 6.45) is 0.468. The van der Waals surface area contributed by atoms with E-state index in [-0.39, 0.29) is 24.6 Å². The maximum absolute atomic E-state index is 12.7. The third kappa shape index (κ3) is 5.94. The molecule has 0 radical (unpaired) electrons. The fraction of sp³-hybridized carbons (Fsp3) is 0.263. The standard InChI is InChI=1S/C19H19Cl2N3O4/c1-2-9-23(12-18(25)22-16-11-14(20)7-8-15(16)21)19(26)10-13-5-3-4-6-17(13)24(27)28/h3-8,11H,2,9-10,12H2,1H3,(H,22,25). The first-order chi connectivity index (χ1) is 13.3. The zero-order valence-corrected chi connectivity index (χ0v) is 16.7. The van der Waals surface area contributed by atoms with Gasteiger partial charge in [0.15, 0.2) is 0 Å².